The molecule has 0 aliphatic carbocycles. The molecule has 4 nitrogen and oxygen atoms in total. The van der Waals surface area contributed by atoms with E-state index in [1.807, 2.05) is 0 Å². The number of fused-ring (bicyclic) bond motifs is 1. The second-order valence-electron chi connectivity index (χ2n) is 2.45. The highest BCUT2D eigenvalue weighted by Crippen LogP contribution is 1.91. The number of aliphatic hydroxyl groups is 1. The highest BCUT2D eigenvalue weighted by atomic mass is 16.3. The molecule has 1 aromatic carbocycles. The Kier molecular flexibility index (Phi) is 1.48. The maximum Gasteiger partial charge on any atom is 0.368 e. The summed E-state index contributed by atoms with van der Waals surface area (Å²) in [5, 5.41) is 9.93. The Hall–Kier alpha value is -1.55. The van der Waals surface area contributed by atoms with Crippen LogP contribution in [0.15, 0.2) is 28.2 Å². The lowest BCUT2D eigenvalue weighted by molar-refractivity contribution is 0.256. The Morgan fingerprint density at radius 2 is 2.17 bits per heavy atom. The van der Waals surface area contributed by atoms with E-state index in [2.05, 4.69) is 9.98 Å². The van der Waals surface area contributed by atoms with Crippen LogP contribution < -0.4 is 10.7 Å². The fraction of sp³-hybridized carbons (Fsp3) is 0.125. The van der Waals surface area contributed by atoms with Crippen molar-refractivity contribution in [3.8, 4) is 0 Å². The average Bonchev–Trinajstić information content (AvgIpc) is 2.44. The summed E-state index contributed by atoms with van der Waals surface area (Å²) < 4.78 is 0. The quantitative estimate of drug-likeness (QED) is 0.608. The molecule has 4 heteroatoms. The zero-order chi connectivity index (χ0) is 8.55. The Balaban J connectivity index is 2.84. The summed E-state index contributed by atoms with van der Waals surface area (Å²) in [4.78, 5) is 18.1. The maximum absolute atomic E-state index is 10.8. The molecule has 1 aliphatic heterocycles. The highest BCUT2D eigenvalue weighted by molar-refractivity contribution is 5.77. The summed E-state index contributed by atoms with van der Waals surface area (Å²) in [6.07, 6.45) is 0. The third-order valence-corrected chi connectivity index (χ3v) is 1.69. The molecule has 0 radical (unpaired) electrons. The number of carbonyl (C=O) groups is 1. The molecule has 0 atom stereocenters. The van der Waals surface area contributed by atoms with E-state index in [9.17, 15) is 4.79 Å². The van der Waals surface area contributed by atoms with E-state index in [-0.39, 0.29) is 6.61 Å². The molecule has 1 aromatic rings. The van der Waals surface area contributed by atoms with Gasteiger partial charge in [-0.2, -0.15) is 9.98 Å². The van der Waals surface area contributed by atoms with Crippen LogP contribution in [0, 0.1) is 0 Å². The number of rotatable bonds is 1. The largest absolute Gasteiger partial charge is 0.392 e. The van der Waals surface area contributed by atoms with E-state index in [1.54, 1.807) is 18.2 Å². The van der Waals surface area contributed by atoms with Gasteiger partial charge in [-0.3, -0.25) is 0 Å². The molecular weight excluding hydrogens is 156 g/mol. The average molecular weight is 162 g/mol. The lowest BCUT2D eigenvalue weighted by atomic mass is 10.2. The van der Waals surface area contributed by atoms with Crippen LogP contribution in [-0.2, 0) is 6.61 Å². The van der Waals surface area contributed by atoms with Gasteiger partial charge >= 0.3 is 6.03 Å². The lowest BCUT2D eigenvalue weighted by Crippen LogP contribution is -2.25. The van der Waals surface area contributed by atoms with Gasteiger partial charge in [-0.05, 0) is 6.07 Å². The first-order chi connectivity index (χ1) is 5.81. The molecule has 0 spiro atoms. The SMILES string of the molecule is O=C1N=c2cccc(CO)c2=N1. The summed E-state index contributed by atoms with van der Waals surface area (Å²) in [6.45, 7) is -0.116. The monoisotopic (exact) mass is 162 g/mol. The normalized spacial score (nSPS) is 13.6. The topological polar surface area (TPSA) is 62.0 Å². The minimum absolute atomic E-state index is 0.116. The molecule has 0 saturated carbocycles. The third kappa shape index (κ3) is 0.931. The molecule has 0 fully saturated rings. The number of aliphatic hydroxyl groups excluding tert-OH is 1. The van der Waals surface area contributed by atoms with Crippen molar-refractivity contribution in [2.75, 3.05) is 0 Å². The molecule has 12 heavy (non-hydrogen) atoms. The Labute approximate surface area is 67.9 Å². The fourth-order valence-electron chi connectivity index (χ4n) is 1.15. The molecule has 1 aliphatic rings. The number of para-hydroxylation sites is 1. The summed E-state index contributed by atoms with van der Waals surface area (Å²) in [5.41, 5.74) is 0.641. The number of hydrogen-bond acceptors (Lipinski definition) is 2. The van der Waals surface area contributed by atoms with Gasteiger partial charge < -0.3 is 5.11 Å². The van der Waals surface area contributed by atoms with Crippen LogP contribution in [0.3, 0.4) is 0 Å². The van der Waals surface area contributed by atoms with Crippen molar-refractivity contribution >= 4 is 6.03 Å². The highest BCUT2D eigenvalue weighted by Gasteiger charge is 2.06. The van der Waals surface area contributed by atoms with Crippen molar-refractivity contribution in [3.05, 3.63) is 34.5 Å². The lowest BCUT2D eigenvalue weighted by Gasteiger charge is -1.91. The van der Waals surface area contributed by atoms with E-state index in [1.165, 1.54) is 0 Å². The van der Waals surface area contributed by atoms with Gasteiger partial charge in [0.25, 0.3) is 0 Å². The first-order valence-electron chi connectivity index (χ1n) is 3.51. The van der Waals surface area contributed by atoms with Gasteiger partial charge in [0, 0.05) is 5.56 Å². The predicted molar refractivity (Wildman–Crippen MR) is 40.1 cm³/mol. The van der Waals surface area contributed by atoms with Gasteiger partial charge in [0.1, 0.15) is 5.36 Å². The number of nitrogens with zero attached hydrogens (tertiary/aromatic N) is 2. The van der Waals surface area contributed by atoms with E-state index < -0.39 is 6.03 Å². The standard InChI is InChI=1S/C8H6N2O2/c11-4-5-2-1-3-6-7(5)10-8(12)9-6/h1-3,11H,4H2. The molecule has 1 heterocycles. The van der Waals surface area contributed by atoms with Crippen LogP contribution in [0.1, 0.15) is 5.56 Å². The second-order valence-corrected chi connectivity index (χ2v) is 2.45. The van der Waals surface area contributed by atoms with Crippen LogP contribution in [0.4, 0.5) is 4.79 Å². The molecule has 2 rings (SSSR count). The van der Waals surface area contributed by atoms with Crippen LogP contribution in [0.5, 0.6) is 0 Å². The second kappa shape index (κ2) is 2.49. The van der Waals surface area contributed by atoms with E-state index in [0.717, 1.165) is 0 Å². The number of amides is 2. The minimum Gasteiger partial charge on any atom is -0.392 e. The Morgan fingerprint density at radius 1 is 1.33 bits per heavy atom. The molecule has 0 aromatic heterocycles. The van der Waals surface area contributed by atoms with Crippen LogP contribution >= 0.6 is 0 Å². The van der Waals surface area contributed by atoms with Crippen LogP contribution in [-0.4, -0.2) is 11.1 Å². The summed E-state index contributed by atoms with van der Waals surface area (Å²) in [7, 11) is 0. The molecule has 1 N–H and O–H groups in total. The number of urea groups is 1. The van der Waals surface area contributed by atoms with Gasteiger partial charge in [-0.15, -0.1) is 0 Å². The van der Waals surface area contributed by atoms with Crippen LogP contribution in [0.2, 0.25) is 0 Å². The summed E-state index contributed by atoms with van der Waals surface area (Å²) in [6, 6.07) is 4.66. The van der Waals surface area contributed by atoms with Gasteiger partial charge in [-0.1, -0.05) is 12.1 Å². The van der Waals surface area contributed by atoms with Crippen molar-refractivity contribution in [1.29, 1.82) is 0 Å². The van der Waals surface area contributed by atoms with Gasteiger partial charge in [0.2, 0.25) is 0 Å². The van der Waals surface area contributed by atoms with Gasteiger partial charge in [0.15, 0.2) is 0 Å². The zero-order valence-electron chi connectivity index (χ0n) is 6.19. The summed E-state index contributed by atoms with van der Waals surface area (Å²) in [5.74, 6) is 0. The Morgan fingerprint density at radius 3 is 2.92 bits per heavy atom. The Bertz CT molecular complexity index is 451. The molecule has 0 unspecified atom stereocenters. The van der Waals surface area contributed by atoms with E-state index >= 15 is 0 Å². The van der Waals surface area contributed by atoms with Crippen molar-refractivity contribution in [1.82, 2.24) is 0 Å². The summed E-state index contributed by atoms with van der Waals surface area (Å²) >= 11 is 0. The number of carbonyl (C=O) groups excluding carboxylic acids is 1. The minimum atomic E-state index is -0.495. The van der Waals surface area contributed by atoms with Gasteiger partial charge in [0.05, 0.1) is 12.0 Å². The van der Waals surface area contributed by atoms with E-state index in [0.29, 0.717) is 16.3 Å². The zero-order valence-corrected chi connectivity index (χ0v) is 6.19. The number of benzene rings is 1. The van der Waals surface area contributed by atoms with E-state index in [4.69, 9.17) is 5.11 Å². The van der Waals surface area contributed by atoms with Crippen LogP contribution in [0.25, 0.3) is 0 Å². The van der Waals surface area contributed by atoms with Crippen molar-refractivity contribution in [2.24, 2.45) is 9.98 Å². The van der Waals surface area contributed by atoms with Crippen molar-refractivity contribution in [3.63, 3.8) is 0 Å². The third-order valence-electron chi connectivity index (χ3n) is 1.69. The van der Waals surface area contributed by atoms with Gasteiger partial charge in [-0.25, -0.2) is 4.79 Å². The van der Waals surface area contributed by atoms with Crippen molar-refractivity contribution in [2.45, 2.75) is 6.61 Å². The van der Waals surface area contributed by atoms with Crippen molar-refractivity contribution < 1.29 is 9.90 Å². The smallest absolute Gasteiger partial charge is 0.368 e. The molecular formula is C8H6N2O2. The number of hydrogen-bond donors (Lipinski definition) is 1. The molecule has 60 valence electrons. The molecule has 0 bridgehead atoms. The maximum atomic E-state index is 10.8. The first kappa shape index (κ1) is 7.12. The molecule has 0 saturated heterocycles. The first-order valence-corrected chi connectivity index (χ1v) is 3.51. The predicted octanol–water partition coefficient (Wildman–Crippen LogP) is -0.448. The fourth-order valence-corrected chi connectivity index (χ4v) is 1.15. The molecule has 2 amide bonds.